The Bertz CT molecular complexity index is 1180. The number of nitrogens with one attached hydrogen (secondary N) is 3. The van der Waals surface area contributed by atoms with Crippen molar-refractivity contribution in [3.63, 3.8) is 0 Å². The van der Waals surface area contributed by atoms with Crippen molar-refractivity contribution in [1.29, 1.82) is 0 Å². The van der Waals surface area contributed by atoms with E-state index in [1.165, 1.54) is 7.11 Å². The van der Waals surface area contributed by atoms with Crippen LogP contribution < -0.4 is 20.7 Å². The van der Waals surface area contributed by atoms with E-state index in [2.05, 4.69) is 20.9 Å². The number of nitrogens with zero attached hydrogens (tertiary/aromatic N) is 1. The third kappa shape index (κ3) is 5.68. The number of carbonyl (C=O) groups excluding carboxylic acids is 4. The Hall–Kier alpha value is -3.43. The second-order valence-corrected chi connectivity index (χ2v) is 9.47. The van der Waals surface area contributed by atoms with Crippen molar-refractivity contribution in [2.24, 2.45) is 0 Å². The molecule has 0 saturated carbocycles. The zero-order valence-electron chi connectivity index (χ0n) is 20.1. The lowest BCUT2D eigenvalue weighted by Crippen LogP contribution is -2.54. The molecule has 2 aromatic carbocycles. The van der Waals surface area contributed by atoms with Crippen molar-refractivity contribution < 1.29 is 23.9 Å². The zero-order valence-corrected chi connectivity index (χ0v) is 20.8. The lowest BCUT2D eigenvalue weighted by atomic mass is 9.87. The van der Waals surface area contributed by atoms with E-state index >= 15 is 0 Å². The highest BCUT2D eigenvalue weighted by Crippen LogP contribution is 2.27. The minimum Gasteiger partial charge on any atom is -0.496 e. The SMILES string of the molecule is COc1ccc(NC(=O)c2ccccc2Cl)cc1C(=O)CCCCN1CCC2(CC1)NC(=O)NC2=O. The Morgan fingerprint density at radius 2 is 1.83 bits per heavy atom. The van der Waals surface area contributed by atoms with Gasteiger partial charge in [-0.2, -0.15) is 0 Å². The summed E-state index contributed by atoms with van der Waals surface area (Å²) in [5, 5.41) is 8.22. The fraction of sp³-hybridized carbons (Fsp3) is 0.385. The number of piperidine rings is 1. The van der Waals surface area contributed by atoms with Crippen LogP contribution >= 0.6 is 11.6 Å². The van der Waals surface area contributed by atoms with Crippen LogP contribution in [-0.2, 0) is 4.79 Å². The number of methoxy groups -OCH3 is 1. The maximum atomic E-state index is 13.0. The molecule has 0 aliphatic carbocycles. The van der Waals surface area contributed by atoms with Gasteiger partial charge in [0.25, 0.3) is 11.8 Å². The second-order valence-electron chi connectivity index (χ2n) is 9.06. The summed E-state index contributed by atoms with van der Waals surface area (Å²) in [7, 11) is 1.50. The van der Waals surface area contributed by atoms with Gasteiger partial charge in [-0.3, -0.25) is 19.7 Å². The van der Waals surface area contributed by atoms with E-state index in [1.54, 1.807) is 42.5 Å². The molecule has 1 spiro atoms. The molecular formula is C26H29ClN4O5. The number of halogens is 1. The molecule has 190 valence electrons. The fourth-order valence-corrected chi connectivity index (χ4v) is 4.86. The van der Waals surface area contributed by atoms with E-state index in [4.69, 9.17) is 16.3 Å². The third-order valence-electron chi connectivity index (χ3n) is 6.73. The number of ketones is 1. The summed E-state index contributed by atoms with van der Waals surface area (Å²) in [4.78, 5) is 51.3. The molecule has 2 heterocycles. The summed E-state index contributed by atoms with van der Waals surface area (Å²) in [6.45, 7) is 2.23. The number of carbonyl (C=O) groups is 4. The number of Topliss-reactive ketones (excluding diaryl/α,β-unsaturated/α-hetero) is 1. The van der Waals surface area contributed by atoms with Crippen LogP contribution in [0.15, 0.2) is 42.5 Å². The highest BCUT2D eigenvalue weighted by atomic mass is 35.5. The van der Waals surface area contributed by atoms with Gasteiger partial charge in [-0.25, -0.2) is 4.79 Å². The minimum absolute atomic E-state index is 0.0661. The number of imide groups is 1. The van der Waals surface area contributed by atoms with E-state index in [0.717, 1.165) is 13.0 Å². The molecule has 9 nitrogen and oxygen atoms in total. The van der Waals surface area contributed by atoms with Gasteiger partial charge in [0.2, 0.25) is 0 Å². The van der Waals surface area contributed by atoms with Crippen LogP contribution in [0.5, 0.6) is 5.75 Å². The molecule has 0 atom stereocenters. The summed E-state index contributed by atoms with van der Waals surface area (Å²) >= 11 is 6.11. The van der Waals surface area contributed by atoms with Crippen molar-refractivity contribution in [3.05, 3.63) is 58.6 Å². The summed E-state index contributed by atoms with van der Waals surface area (Å²) in [5.41, 5.74) is 0.473. The predicted molar refractivity (Wildman–Crippen MR) is 136 cm³/mol. The van der Waals surface area contributed by atoms with Gasteiger partial charge in [0.1, 0.15) is 11.3 Å². The smallest absolute Gasteiger partial charge is 0.322 e. The lowest BCUT2D eigenvalue weighted by Gasteiger charge is -2.36. The fourth-order valence-electron chi connectivity index (χ4n) is 4.64. The van der Waals surface area contributed by atoms with Crippen molar-refractivity contribution in [2.75, 3.05) is 32.1 Å². The first-order chi connectivity index (χ1) is 17.3. The van der Waals surface area contributed by atoms with E-state index < -0.39 is 11.6 Å². The van der Waals surface area contributed by atoms with Gasteiger partial charge >= 0.3 is 6.03 Å². The predicted octanol–water partition coefficient (Wildman–Crippen LogP) is 3.63. The normalized spacial score (nSPS) is 16.9. The number of ether oxygens (including phenoxy) is 1. The molecule has 4 rings (SSSR count). The van der Waals surface area contributed by atoms with Gasteiger partial charge in [0, 0.05) is 25.2 Å². The first kappa shape index (κ1) is 25.7. The van der Waals surface area contributed by atoms with Crippen molar-refractivity contribution in [1.82, 2.24) is 15.5 Å². The highest BCUT2D eigenvalue weighted by Gasteiger charge is 2.47. The molecule has 3 N–H and O–H groups in total. The van der Waals surface area contributed by atoms with Crippen LogP contribution in [0, 0.1) is 0 Å². The standard InChI is InChI=1S/C26H29ClN4O5/c1-36-22-10-9-17(28-23(33)18-6-2-3-7-20(18)27)16-19(22)21(32)8-4-5-13-31-14-11-26(12-15-31)24(34)29-25(35)30-26/h2-3,6-7,9-10,16H,4-5,8,11-15H2,1H3,(H,28,33)(H2,29,30,34,35). The van der Waals surface area contributed by atoms with Gasteiger partial charge in [-0.1, -0.05) is 23.7 Å². The van der Waals surface area contributed by atoms with Crippen molar-refractivity contribution in [3.8, 4) is 5.75 Å². The molecule has 0 radical (unpaired) electrons. The number of unbranched alkanes of at least 4 members (excludes halogenated alkanes) is 1. The van der Waals surface area contributed by atoms with Gasteiger partial charge in [0.05, 0.1) is 23.3 Å². The highest BCUT2D eigenvalue weighted by molar-refractivity contribution is 6.34. The number of benzene rings is 2. The van der Waals surface area contributed by atoms with Crippen LogP contribution in [0.3, 0.4) is 0 Å². The molecule has 0 unspecified atom stereocenters. The Labute approximate surface area is 214 Å². The van der Waals surface area contributed by atoms with E-state index in [-0.39, 0.29) is 17.6 Å². The second kappa shape index (κ2) is 11.1. The number of hydrogen-bond donors (Lipinski definition) is 3. The summed E-state index contributed by atoms with van der Waals surface area (Å²) in [6, 6.07) is 11.3. The van der Waals surface area contributed by atoms with Crippen LogP contribution in [0.4, 0.5) is 10.5 Å². The Balaban J connectivity index is 1.28. The molecule has 2 saturated heterocycles. The molecule has 2 aromatic rings. The van der Waals surface area contributed by atoms with E-state index in [9.17, 15) is 19.2 Å². The van der Waals surface area contributed by atoms with E-state index in [1.807, 2.05) is 0 Å². The Kier molecular flexibility index (Phi) is 7.91. The van der Waals surface area contributed by atoms with Crippen LogP contribution in [0.2, 0.25) is 5.02 Å². The van der Waals surface area contributed by atoms with Gasteiger partial charge in [0.15, 0.2) is 5.78 Å². The molecule has 4 amide bonds. The first-order valence-electron chi connectivity index (χ1n) is 11.9. The summed E-state index contributed by atoms with van der Waals surface area (Å²) < 4.78 is 5.37. The molecular weight excluding hydrogens is 484 g/mol. The monoisotopic (exact) mass is 512 g/mol. The number of urea groups is 1. The van der Waals surface area contributed by atoms with Crippen molar-refractivity contribution in [2.45, 2.75) is 37.6 Å². The van der Waals surface area contributed by atoms with Gasteiger partial charge in [-0.15, -0.1) is 0 Å². The molecule has 10 heteroatoms. The summed E-state index contributed by atoms with van der Waals surface area (Å²) in [6.07, 6.45) is 3.01. The van der Waals surface area contributed by atoms with Crippen molar-refractivity contribution >= 4 is 40.9 Å². The number of rotatable bonds is 9. The zero-order chi connectivity index (χ0) is 25.7. The van der Waals surface area contributed by atoms with Crippen LogP contribution in [-0.4, -0.2) is 60.8 Å². The largest absolute Gasteiger partial charge is 0.496 e. The first-order valence-corrected chi connectivity index (χ1v) is 12.3. The maximum absolute atomic E-state index is 13.0. The quantitative estimate of drug-likeness (QED) is 0.268. The maximum Gasteiger partial charge on any atom is 0.322 e. The molecule has 0 aromatic heterocycles. The molecule has 36 heavy (non-hydrogen) atoms. The number of amides is 4. The van der Waals surface area contributed by atoms with Crippen LogP contribution in [0.1, 0.15) is 52.8 Å². The number of anilines is 1. The van der Waals surface area contributed by atoms with Crippen LogP contribution in [0.25, 0.3) is 0 Å². The average molecular weight is 513 g/mol. The van der Waals surface area contributed by atoms with E-state index in [0.29, 0.717) is 66.4 Å². The van der Waals surface area contributed by atoms with Gasteiger partial charge in [-0.05, 0) is 62.6 Å². The average Bonchev–Trinajstić information content (AvgIpc) is 3.14. The number of likely N-dealkylation sites (tertiary alicyclic amines) is 1. The Morgan fingerprint density at radius 3 is 2.50 bits per heavy atom. The lowest BCUT2D eigenvalue weighted by molar-refractivity contribution is -0.125. The molecule has 0 bridgehead atoms. The van der Waals surface area contributed by atoms with Gasteiger partial charge < -0.3 is 20.3 Å². The Morgan fingerprint density at radius 1 is 1.08 bits per heavy atom. The molecule has 2 aliphatic rings. The summed E-state index contributed by atoms with van der Waals surface area (Å²) in [5.74, 6) is -0.211. The third-order valence-corrected chi connectivity index (χ3v) is 7.06. The topological polar surface area (TPSA) is 117 Å². The molecule has 2 aliphatic heterocycles. The number of hydrogen-bond acceptors (Lipinski definition) is 6. The minimum atomic E-state index is -0.771. The molecule has 2 fully saturated rings.